The number of benzene rings is 1. The highest BCUT2D eigenvalue weighted by Gasteiger charge is 2.29. The normalized spacial score (nSPS) is 17.2. The van der Waals surface area contributed by atoms with Crippen LogP contribution in [0.25, 0.3) is 0 Å². The topological polar surface area (TPSA) is 75.9 Å². The first kappa shape index (κ1) is 18.5. The summed E-state index contributed by atoms with van der Waals surface area (Å²) in [5.74, 6) is 0.604. The van der Waals surface area contributed by atoms with Gasteiger partial charge < -0.3 is 20.3 Å². The van der Waals surface area contributed by atoms with Crippen molar-refractivity contribution in [3.05, 3.63) is 28.8 Å². The van der Waals surface area contributed by atoms with Gasteiger partial charge in [-0.3, -0.25) is 9.59 Å². The average molecular weight is 354 g/mol. The second kappa shape index (κ2) is 8.35. The molecule has 1 fully saturated rings. The minimum absolute atomic E-state index is 0.123. The van der Waals surface area contributed by atoms with Crippen LogP contribution in [0.5, 0.6) is 5.75 Å². The lowest BCUT2D eigenvalue weighted by Gasteiger charge is -2.22. The predicted molar refractivity (Wildman–Crippen MR) is 93.3 cm³/mol. The summed E-state index contributed by atoms with van der Waals surface area (Å²) in [5, 5.41) is 0.514. The highest BCUT2D eigenvalue weighted by Crippen LogP contribution is 2.26. The highest BCUT2D eigenvalue weighted by molar-refractivity contribution is 6.30. The van der Waals surface area contributed by atoms with Crippen molar-refractivity contribution in [3.8, 4) is 5.75 Å². The molecule has 132 valence electrons. The summed E-state index contributed by atoms with van der Waals surface area (Å²) in [5.41, 5.74) is 5.94. The van der Waals surface area contributed by atoms with Crippen molar-refractivity contribution in [2.45, 2.75) is 12.8 Å². The highest BCUT2D eigenvalue weighted by atomic mass is 35.5. The Morgan fingerprint density at radius 1 is 1.50 bits per heavy atom. The summed E-state index contributed by atoms with van der Waals surface area (Å²) >= 11 is 6.01. The van der Waals surface area contributed by atoms with Gasteiger partial charge in [-0.2, -0.15) is 0 Å². The van der Waals surface area contributed by atoms with E-state index in [1.165, 1.54) is 0 Å². The number of hydrogen-bond acceptors (Lipinski definition) is 4. The molecular formula is C17H24ClN3O3. The Hall–Kier alpha value is -1.79. The third-order valence-electron chi connectivity index (χ3n) is 4.08. The maximum atomic E-state index is 12.7. The molecule has 0 aromatic heterocycles. The van der Waals surface area contributed by atoms with Gasteiger partial charge in [-0.15, -0.1) is 0 Å². The first-order valence-electron chi connectivity index (χ1n) is 8.04. The zero-order valence-corrected chi connectivity index (χ0v) is 14.9. The molecule has 1 aliphatic heterocycles. The van der Waals surface area contributed by atoms with Crippen molar-refractivity contribution in [2.24, 2.45) is 11.7 Å². The van der Waals surface area contributed by atoms with Crippen LogP contribution in [0.1, 0.15) is 23.2 Å². The number of ether oxygens (including phenoxy) is 1. The molecule has 1 heterocycles. The van der Waals surface area contributed by atoms with Gasteiger partial charge in [0, 0.05) is 44.5 Å². The molecule has 6 nitrogen and oxygen atoms in total. The van der Waals surface area contributed by atoms with E-state index in [2.05, 4.69) is 0 Å². The average Bonchev–Trinajstić information content (AvgIpc) is 2.85. The lowest BCUT2D eigenvalue weighted by atomic mass is 10.1. The maximum absolute atomic E-state index is 12.7. The van der Waals surface area contributed by atoms with E-state index in [1.807, 2.05) is 0 Å². The summed E-state index contributed by atoms with van der Waals surface area (Å²) in [6.45, 7) is 2.16. The molecular weight excluding hydrogens is 330 g/mol. The molecule has 1 atom stereocenters. The van der Waals surface area contributed by atoms with Crippen LogP contribution in [0.15, 0.2) is 18.2 Å². The largest absolute Gasteiger partial charge is 0.493 e. The van der Waals surface area contributed by atoms with Crippen molar-refractivity contribution < 1.29 is 14.3 Å². The van der Waals surface area contributed by atoms with Gasteiger partial charge in [0.05, 0.1) is 12.2 Å². The van der Waals surface area contributed by atoms with E-state index in [-0.39, 0.29) is 17.7 Å². The van der Waals surface area contributed by atoms with Gasteiger partial charge in [0.2, 0.25) is 5.91 Å². The van der Waals surface area contributed by atoms with E-state index in [0.29, 0.717) is 55.4 Å². The molecule has 0 aliphatic carbocycles. The Kier molecular flexibility index (Phi) is 6.45. The van der Waals surface area contributed by atoms with Gasteiger partial charge in [-0.25, -0.2) is 0 Å². The van der Waals surface area contributed by atoms with Crippen LogP contribution < -0.4 is 10.5 Å². The van der Waals surface area contributed by atoms with E-state index in [4.69, 9.17) is 22.1 Å². The fourth-order valence-electron chi connectivity index (χ4n) is 2.81. The fourth-order valence-corrected chi connectivity index (χ4v) is 2.97. The van der Waals surface area contributed by atoms with Gasteiger partial charge in [-0.05, 0) is 31.2 Å². The number of carbonyl (C=O) groups excluding carboxylic acids is 2. The van der Waals surface area contributed by atoms with Gasteiger partial charge in [-0.1, -0.05) is 11.6 Å². The van der Waals surface area contributed by atoms with E-state index >= 15 is 0 Å². The molecule has 7 heteroatoms. The van der Waals surface area contributed by atoms with Crippen LogP contribution in [0.3, 0.4) is 0 Å². The molecule has 1 aromatic rings. The van der Waals surface area contributed by atoms with E-state index < -0.39 is 0 Å². The molecule has 2 N–H and O–H groups in total. The van der Waals surface area contributed by atoms with Gasteiger partial charge in [0.1, 0.15) is 5.75 Å². The van der Waals surface area contributed by atoms with Crippen LogP contribution in [-0.4, -0.2) is 62.0 Å². The van der Waals surface area contributed by atoms with Crippen molar-refractivity contribution in [3.63, 3.8) is 0 Å². The Labute approximate surface area is 147 Å². The zero-order chi connectivity index (χ0) is 17.7. The molecule has 1 aromatic carbocycles. The maximum Gasteiger partial charge on any atom is 0.257 e. The Morgan fingerprint density at radius 2 is 2.25 bits per heavy atom. The number of likely N-dealkylation sites (tertiary alicyclic amines) is 1. The number of nitrogens with two attached hydrogens (primary N) is 1. The molecule has 2 amide bonds. The molecule has 0 bridgehead atoms. The van der Waals surface area contributed by atoms with Crippen LogP contribution in [-0.2, 0) is 4.79 Å². The van der Waals surface area contributed by atoms with E-state index in [9.17, 15) is 9.59 Å². The minimum Gasteiger partial charge on any atom is -0.493 e. The van der Waals surface area contributed by atoms with Gasteiger partial charge in [0.25, 0.3) is 5.91 Å². The van der Waals surface area contributed by atoms with Gasteiger partial charge in [0.15, 0.2) is 0 Å². The number of hydrogen-bond donors (Lipinski definition) is 1. The minimum atomic E-state index is -0.142. The quantitative estimate of drug-likeness (QED) is 0.756. The second-order valence-corrected chi connectivity index (χ2v) is 6.60. The summed E-state index contributed by atoms with van der Waals surface area (Å²) < 4.78 is 5.66. The molecule has 1 aliphatic rings. The number of carbonyl (C=O) groups is 2. The van der Waals surface area contributed by atoms with Crippen LogP contribution in [0, 0.1) is 5.92 Å². The molecule has 1 unspecified atom stereocenters. The number of rotatable bonds is 7. The zero-order valence-electron chi connectivity index (χ0n) is 14.1. The molecule has 0 spiro atoms. The summed E-state index contributed by atoms with van der Waals surface area (Å²) in [6, 6.07) is 4.99. The van der Waals surface area contributed by atoms with Crippen molar-refractivity contribution >= 4 is 23.4 Å². The standard InChI is InChI=1S/C17H24ClN3O3/c1-20-10-12(8-16(20)22)11-21(2)17(23)14-5-4-13(18)9-15(14)24-7-3-6-19/h4-5,9,12H,3,6-8,10-11,19H2,1-2H3. The molecule has 24 heavy (non-hydrogen) atoms. The molecule has 0 radical (unpaired) electrons. The first-order valence-corrected chi connectivity index (χ1v) is 8.42. The Balaban J connectivity index is 2.06. The van der Waals surface area contributed by atoms with Crippen molar-refractivity contribution in [1.82, 2.24) is 9.80 Å². The van der Waals surface area contributed by atoms with Gasteiger partial charge >= 0.3 is 0 Å². The summed E-state index contributed by atoms with van der Waals surface area (Å²) in [4.78, 5) is 27.7. The lowest BCUT2D eigenvalue weighted by molar-refractivity contribution is -0.126. The predicted octanol–water partition coefficient (Wildman–Crippen LogP) is 1.62. The monoisotopic (exact) mass is 353 g/mol. The Bertz CT molecular complexity index is 609. The smallest absolute Gasteiger partial charge is 0.257 e. The third-order valence-corrected chi connectivity index (χ3v) is 4.32. The number of amides is 2. The number of nitrogens with zero attached hydrogens (tertiary/aromatic N) is 2. The van der Waals surface area contributed by atoms with Crippen molar-refractivity contribution in [2.75, 3.05) is 40.3 Å². The van der Waals surface area contributed by atoms with Crippen LogP contribution in [0.2, 0.25) is 5.02 Å². The van der Waals surface area contributed by atoms with E-state index in [1.54, 1.807) is 42.1 Å². The third kappa shape index (κ3) is 4.61. The summed E-state index contributed by atoms with van der Waals surface area (Å²) in [7, 11) is 3.52. The molecule has 1 saturated heterocycles. The number of halogens is 1. The lowest BCUT2D eigenvalue weighted by Crippen LogP contribution is -2.33. The molecule has 0 saturated carbocycles. The Morgan fingerprint density at radius 3 is 2.88 bits per heavy atom. The van der Waals surface area contributed by atoms with Crippen LogP contribution >= 0.6 is 11.6 Å². The SMILES string of the molecule is CN1CC(CN(C)C(=O)c2ccc(Cl)cc2OCCCN)CC1=O. The van der Waals surface area contributed by atoms with Crippen molar-refractivity contribution in [1.29, 1.82) is 0 Å². The van der Waals surface area contributed by atoms with Crippen LogP contribution in [0.4, 0.5) is 0 Å². The first-order chi connectivity index (χ1) is 11.4. The summed E-state index contributed by atoms with van der Waals surface area (Å²) in [6.07, 6.45) is 1.18. The second-order valence-electron chi connectivity index (χ2n) is 6.16. The van der Waals surface area contributed by atoms with E-state index in [0.717, 1.165) is 0 Å². The fraction of sp³-hybridized carbons (Fsp3) is 0.529. The molecule has 2 rings (SSSR count).